The van der Waals surface area contributed by atoms with Crippen molar-refractivity contribution in [2.24, 2.45) is 0 Å². The number of hydrogen-bond acceptors (Lipinski definition) is 4. The van der Waals surface area contributed by atoms with Crippen LogP contribution >= 0.6 is 0 Å². The van der Waals surface area contributed by atoms with Gasteiger partial charge in [-0.25, -0.2) is 9.37 Å². The Hall–Kier alpha value is -2.99. The summed E-state index contributed by atoms with van der Waals surface area (Å²) in [5.41, 5.74) is 2.72. The number of anilines is 1. The molecule has 0 saturated carbocycles. The van der Waals surface area contributed by atoms with E-state index >= 15 is 0 Å². The molecule has 1 aliphatic rings. The summed E-state index contributed by atoms with van der Waals surface area (Å²) in [7, 11) is 0. The van der Waals surface area contributed by atoms with E-state index in [2.05, 4.69) is 9.88 Å². The van der Waals surface area contributed by atoms with Crippen LogP contribution in [0.4, 0.5) is 10.1 Å². The summed E-state index contributed by atoms with van der Waals surface area (Å²) in [6.45, 7) is 6.19. The fourth-order valence-electron chi connectivity index (χ4n) is 3.52. The zero-order chi connectivity index (χ0) is 19.5. The number of Topliss-reactive ketones (excluding diaryl/α,β-unsaturated/α-hetero) is 1. The summed E-state index contributed by atoms with van der Waals surface area (Å²) >= 11 is 0. The van der Waals surface area contributed by atoms with Gasteiger partial charge in [0.2, 0.25) is 0 Å². The number of carbonyl (C=O) groups is 1. The monoisotopic (exact) mass is 380 g/mol. The smallest absolute Gasteiger partial charge is 0.250 e. The molecule has 2 aromatic carbocycles. The average Bonchev–Trinajstić information content (AvgIpc) is 3.18. The number of halogens is 1. The van der Waals surface area contributed by atoms with Crippen LogP contribution in [0.2, 0.25) is 0 Å². The first-order valence-electron chi connectivity index (χ1n) is 9.48. The van der Waals surface area contributed by atoms with Crippen LogP contribution in [0.25, 0.3) is 11.3 Å². The predicted octanol–water partition coefficient (Wildman–Crippen LogP) is 2.59. The van der Waals surface area contributed by atoms with Gasteiger partial charge in [-0.05, 0) is 55.5 Å². The fraction of sp³-hybridized carbons (Fsp3) is 0.273. The molecule has 0 spiro atoms. The SMILES string of the molecule is CC(=O)c1ccc(N2CC[NH+](Cc3ncc(-c4ccc(F)cc4)o3)CC2)cc1. The Balaban J connectivity index is 1.33. The van der Waals surface area contributed by atoms with Gasteiger partial charge >= 0.3 is 0 Å². The normalized spacial score (nSPS) is 15.0. The molecule has 0 aliphatic carbocycles. The Bertz CT molecular complexity index is 943. The van der Waals surface area contributed by atoms with Gasteiger partial charge in [-0.2, -0.15) is 0 Å². The van der Waals surface area contributed by atoms with Crippen LogP contribution in [0.5, 0.6) is 0 Å². The largest absolute Gasteiger partial charge is 0.435 e. The molecule has 0 bridgehead atoms. The molecule has 1 saturated heterocycles. The first kappa shape index (κ1) is 18.4. The third-order valence-electron chi connectivity index (χ3n) is 5.19. The lowest BCUT2D eigenvalue weighted by Crippen LogP contribution is -3.13. The summed E-state index contributed by atoms with van der Waals surface area (Å²) in [6.07, 6.45) is 1.70. The van der Waals surface area contributed by atoms with Crippen LogP contribution < -0.4 is 9.80 Å². The lowest BCUT2D eigenvalue weighted by Gasteiger charge is -2.33. The molecular weight excluding hydrogens is 357 g/mol. The summed E-state index contributed by atoms with van der Waals surface area (Å²) in [5, 5.41) is 0. The van der Waals surface area contributed by atoms with Gasteiger partial charge in [0.05, 0.1) is 32.4 Å². The van der Waals surface area contributed by atoms with Gasteiger partial charge in [0.15, 0.2) is 18.1 Å². The minimum absolute atomic E-state index is 0.0896. The van der Waals surface area contributed by atoms with Crippen LogP contribution in [-0.4, -0.2) is 36.9 Å². The number of quaternary nitrogens is 1. The Morgan fingerprint density at radius 3 is 2.43 bits per heavy atom. The molecule has 1 aromatic heterocycles. The van der Waals surface area contributed by atoms with Crippen molar-refractivity contribution in [2.75, 3.05) is 31.1 Å². The van der Waals surface area contributed by atoms with Crippen LogP contribution in [0.15, 0.2) is 59.1 Å². The minimum Gasteiger partial charge on any atom is -0.435 e. The van der Waals surface area contributed by atoms with Crippen LogP contribution in [0.1, 0.15) is 23.2 Å². The highest BCUT2D eigenvalue weighted by atomic mass is 19.1. The van der Waals surface area contributed by atoms with Crippen LogP contribution in [-0.2, 0) is 6.54 Å². The molecule has 2 heterocycles. The molecule has 1 aliphatic heterocycles. The highest BCUT2D eigenvalue weighted by molar-refractivity contribution is 5.94. The summed E-state index contributed by atoms with van der Waals surface area (Å²) in [5.74, 6) is 1.20. The maximum atomic E-state index is 13.1. The zero-order valence-corrected chi connectivity index (χ0v) is 15.8. The van der Waals surface area contributed by atoms with E-state index in [1.807, 2.05) is 24.3 Å². The molecule has 4 rings (SSSR count). The molecule has 0 atom stereocenters. The number of piperazine rings is 1. The van der Waals surface area contributed by atoms with Crippen molar-refractivity contribution in [1.82, 2.24) is 4.98 Å². The van der Waals surface area contributed by atoms with Gasteiger partial charge < -0.3 is 14.2 Å². The van der Waals surface area contributed by atoms with Gasteiger partial charge in [-0.15, -0.1) is 0 Å². The van der Waals surface area contributed by atoms with Gasteiger partial charge in [-0.1, -0.05) is 0 Å². The number of hydrogen-bond donors (Lipinski definition) is 1. The second-order valence-electron chi connectivity index (χ2n) is 7.14. The lowest BCUT2D eigenvalue weighted by atomic mass is 10.1. The maximum absolute atomic E-state index is 13.1. The van der Waals surface area contributed by atoms with E-state index in [1.54, 1.807) is 25.3 Å². The highest BCUT2D eigenvalue weighted by Gasteiger charge is 2.22. The molecular formula is C22H23FN3O2+. The Morgan fingerprint density at radius 2 is 1.79 bits per heavy atom. The number of nitrogens with zero attached hydrogens (tertiary/aromatic N) is 2. The molecule has 0 radical (unpaired) electrons. The summed E-state index contributed by atoms with van der Waals surface area (Å²) in [4.78, 5) is 19.6. The fourth-order valence-corrected chi connectivity index (χ4v) is 3.52. The van der Waals surface area contributed by atoms with Gasteiger partial charge in [0.1, 0.15) is 5.82 Å². The van der Waals surface area contributed by atoms with E-state index in [1.165, 1.54) is 17.0 Å². The molecule has 144 valence electrons. The first-order chi connectivity index (χ1) is 13.6. The zero-order valence-electron chi connectivity index (χ0n) is 15.8. The number of rotatable bonds is 5. The number of nitrogens with one attached hydrogen (secondary N) is 1. The number of ketones is 1. The summed E-state index contributed by atoms with van der Waals surface area (Å²) < 4.78 is 18.9. The first-order valence-corrected chi connectivity index (χ1v) is 9.48. The van der Waals surface area contributed by atoms with Gasteiger partial charge in [0, 0.05) is 16.8 Å². The lowest BCUT2D eigenvalue weighted by molar-refractivity contribution is -0.915. The van der Waals surface area contributed by atoms with E-state index in [0.717, 1.165) is 49.5 Å². The van der Waals surface area contributed by atoms with E-state index < -0.39 is 0 Å². The molecule has 5 nitrogen and oxygen atoms in total. The van der Waals surface area contributed by atoms with Gasteiger partial charge in [0.25, 0.3) is 5.89 Å². The number of carbonyl (C=O) groups excluding carboxylic acids is 1. The highest BCUT2D eigenvalue weighted by Crippen LogP contribution is 2.20. The van der Waals surface area contributed by atoms with E-state index in [-0.39, 0.29) is 11.6 Å². The topological polar surface area (TPSA) is 50.8 Å². The Morgan fingerprint density at radius 1 is 1.11 bits per heavy atom. The Labute approximate surface area is 163 Å². The minimum atomic E-state index is -0.262. The predicted molar refractivity (Wildman–Crippen MR) is 105 cm³/mol. The van der Waals surface area contributed by atoms with E-state index in [9.17, 15) is 9.18 Å². The maximum Gasteiger partial charge on any atom is 0.250 e. The van der Waals surface area contributed by atoms with E-state index in [0.29, 0.717) is 11.7 Å². The Kier molecular flexibility index (Phi) is 5.21. The van der Waals surface area contributed by atoms with Crippen molar-refractivity contribution < 1.29 is 18.5 Å². The number of aromatic nitrogens is 1. The second-order valence-corrected chi connectivity index (χ2v) is 7.14. The van der Waals surface area contributed by atoms with Crippen molar-refractivity contribution in [2.45, 2.75) is 13.5 Å². The molecule has 0 unspecified atom stereocenters. The van der Waals surface area contributed by atoms with Crippen molar-refractivity contribution in [3.8, 4) is 11.3 Å². The third-order valence-corrected chi connectivity index (χ3v) is 5.19. The number of benzene rings is 2. The number of oxazole rings is 1. The van der Waals surface area contributed by atoms with Crippen LogP contribution in [0, 0.1) is 5.82 Å². The van der Waals surface area contributed by atoms with Crippen molar-refractivity contribution >= 4 is 11.5 Å². The van der Waals surface area contributed by atoms with Crippen molar-refractivity contribution in [3.05, 3.63) is 72.0 Å². The molecule has 0 amide bonds. The molecule has 1 N–H and O–H groups in total. The molecule has 28 heavy (non-hydrogen) atoms. The third kappa shape index (κ3) is 4.12. The molecule has 3 aromatic rings. The summed E-state index contributed by atoms with van der Waals surface area (Å²) in [6, 6.07) is 14.1. The van der Waals surface area contributed by atoms with Crippen LogP contribution in [0.3, 0.4) is 0 Å². The standard InChI is InChI=1S/C22H22FN3O2/c1-16(27)17-4-8-20(9-5-17)26-12-10-25(11-13-26)15-22-24-14-21(28-22)18-2-6-19(23)7-3-18/h2-9,14H,10-13,15H2,1H3/p+1. The van der Waals surface area contributed by atoms with E-state index in [4.69, 9.17) is 4.42 Å². The van der Waals surface area contributed by atoms with Gasteiger partial charge in [-0.3, -0.25) is 4.79 Å². The quantitative estimate of drug-likeness (QED) is 0.692. The van der Waals surface area contributed by atoms with Crippen molar-refractivity contribution in [1.29, 1.82) is 0 Å². The second kappa shape index (κ2) is 7.94. The molecule has 1 fully saturated rings. The average molecular weight is 380 g/mol. The van der Waals surface area contributed by atoms with Crippen molar-refractivity contribution in [3.63, 3.8) is 0 Å². The molecule has 6 heteroatoms.